The molecule has 1 aromatic carbocycles. The first-order valence-electron chi connectivity index (χ1n) is 8.80. The summed E-state index contributed by atoms with van der Waals surface area (Å²) >= 11 is 0. The first-order chi connectivity index (χ1) is 12.2. The van der Waals surface area contributed by atoms with Crippen LogP contribution in [-0.4, -0.2) is 22.8 Å². The molecule has 1 N–H and O–H groups in total. The number of carbonyl (C=O) groups is 1. The summed E-state index contributed by atoms with van der Waals surface area (Å²) in [5.74, 6) is 0.252. The van der Waals surface area contributed by atoms with Gasteiger partial charge in [-0.3, -0.25) is 4.79 Å². The molecule has 0 radical (unpaired) electrons. The third-order valence-electron chi connectivity index (χ3n) is 3.50. The fraction of sp³-hybridized carbons (Fsp3) is 0.500. The molecule has 0 atom stereocenters. The normalized spacial score (nSPS) is 11.8. The van der Waals surface area contributed by atoms with Crippen molar-refractivity contribution in [2.75, 3.05) is 0 Å². The van der Waals surface area contributed by atoms with Crippen LogP contribution in [0.1, 0.15) is 62.0 Å². The molecule has 1 aromatic heterocycles. The fourth-order valence-electron chi connectivity index (χ4n) is 2.06. The van der Waals surface area contributed by atoms with Gasteiger partial charge in [0.15, 0.2) is 11.5 Å². The molecule has 0 aliphatic carbocycles. The van der Waals surface area contributed by atoms with Gasteiger partial charge in [-0.05, 0) is 45.7 Å². The molecule has 1 heterocycles. The van der Waals surface area contributed by atoms with Crippen LogP contribution in [0.25, 0.3) is 0 Å². The van der Waals surface area contributed by atoms with E-state index in [-0.39, 0.29) is 29.9 Å². The lowest BCUT2D eigenvalue weighted by molar-refractivity contribution is -0.0241. The summed E-state index contributed by atoms with van der Waals surface area (Å²) in [6.45, 7) is 11.2. The van der Waals surface area contributed by atoms with Gasteiger partial charge in [-0.15, -0.1) is 0 Å². The van der Waals surface area contributed by atoms with E-state index in [4.69, 9.17) is 14.0 Å². The van der Waals surface area contributed by atoms with E-state index in [1.807, 2.05) is 58.9 Å². The standard InChI is InChI=1S/C20H28N2O4/c1-14(2)24-12-16-8-6-15(7-9-16)11-21-19(23)18-10-17(26-22-18)13-25-20(3,4)5/h6-10,14H,11-13H2,1-5H3,(H,21,23). The van der Waals surface area contributed by atoms with Crippen molar-refractivity contribution in [3.05, 3.63) is 52.9 Å². The van der Waals surface area contributed by atoms with Crippen molar-refractivity contribution >= 4 is 5.91 Å². The minimum atomic E-state index is -0.276. The summed E-state index contributed by atoms with van der Waals surface area (Å²) in [4.78, 5) is 12.2. The lowest BCUT2D eigenvalue weighted by Crippen LogP contribution is -2.23. The summed E-state index contributed by atoms with van der Waals surface area (Å²) in [5, 5.41) is 6.64. The minimum absolute atomic E-state index is 0.204. The van der Waals surface area contributed by atoms with Gasteiger partial charge in [0.05, 0.1) is 18.3 Å². The second kappa shape index (κ2) is 8.96. The lowest BCUT2D eigenvalue weighted by Gasteiger charge is -2.17. The van der Waals surface area contributed by atoms with Crippen molar-refractivity contribution in [3.63, 3.8) is 0 Å². The van der Waals surface area contributed by atoms with E-state index in [1.165, 1.54) is 0 Å². The van der Waals surface area contributed by atoms with Crippen molar-refractivity contribution in [3.8, 4) is 0 Å². The van der Waals surface area contributed by atoms with Crippen molar-refractivity contribution in [2.45, 2.75) is 66.1 Å². The Hall–Kier alpha value is -2.18. The Bertz CT molecular complexity index is 699. The summed E-state index contributed by atoms with van der Waals surface area (Å²) in [5.41, 5.74) is 2.08. The number of aromatic nitrogens is 1. The molecule has 26 heavy (non-hydrogen) atoms. The van der Waals surface area contributed by atoms with Crippen molar-refractivity contribution < 1.29 is 18.8 Å². The van der Waals surface area contributed by atoms with Crippen LogP contribution >= 0.6 is 0 Å². The molecule has 6 nitrogen and oxygen atoms in total. The first-order valence-corrected chi connectivity index (χ1v) is 8.80. The maximum absolute atomic E-state index is 12.2. The highest BCUT2D eigenvalue weighted by Crippen LogP contribution is 2.13. The topological polar surface area (TPSA) is 73.6 Å². The Balaban J connectivity index is 1.82. The molecular weight excluding hydrogens is 332 g/mol. The van der Waals surface area contributed by atoms with E-state index in [1.54, 1.807) is 6.07 Å². The Kier molecular flexibility index (Phi) is 6.94. The second-order valence-electron chi connectivity index (χ2n) is 7.44. The Morgan fingerprint density at radius 3 is 2.42 bits per heavy atom. The molecule has 0 spiro atoms. The Morgan fingerprint density at radius 2 is 1.81 bits per heavy atom. The molecule has 2 aromatic rings. The highest BCUT2D eigenvalue weighted by molar-refractivity contribution is 5.92. The number of nitrogens with one attached hydrogen (secondary N) is 1. The number of nitrogens with zero attached hydrogens (tertiary/aromatic N) is 1. The zero-order valence-corrected chi connectivity index (χ0v) is 16.2. The van der Waals surface area contributed by atoms with E-state index >= 15 is 0 Å². The fourth-order valence-corrected chi connectivity index (χ4v) is 2.06. The van der Waals surface area contributed by atoms with E-state index in [2.05, 4.69) is 10.5 Å². The van der Waals surface area contributed by atoms with Crippen LogP contribution in [0.5, 0.6) is 0 Å². The third-order valence-corrected chi connectivity index (χ3v) is 3.50. The smallest absolute Gasteiger partial charge is 0.273 e. The van der Waals surface area contributed by atoms with Gasteiger partial charge >= 0.3 is 0 Å². The van der Waals surface area contributed by atoms with Crippen LogP contribution in [0.3, 0.4) is 0 Å². The molecule has 0 saturated carbocycles. The highest BCUT2D eigenvalue weighted by Gasteiger charge is 2.15. The number of hydrogen-bond donors (Lipinski definition) is 1. The number of carbonyl (C=O) groups excluding carboxylic acids is 1. The van der Waals surface area contributed by atoms with E-state index in [0.29, 0.717) is 18.9 Å². The molecule has 6 heteroatoms. The average molecular weight is 360 g/mol. The van der Waals surface area contributed by atoms with E-state index in [0.717, 1.165) is 11.1 Å². The van der Waals surface area contributed by atoms with Crippen LogP contribution in [0.2, 0.25) is 0 Å². The molecule has 1 amide bonds. The van der Waals surface area contributed by atoms with Crippen LogP contribution in [-0.2, 0) is 29.2 Å². The number of rotatable bonds is 8. The zero-order valence-electron chi connectivity index (χ0n) is 16.2. The monoisotopic (exact) mass is 360 g/mol. The van der Waals surface area contributed by atoms with Crippen molar-refractivity contribution in [2.24, 2.45) is 0 Å². The lowest BCUT2D eigenvalue weighted by atomic mass is 10.1. The van der Waals surface area contributed by atoms with Crippen molar-refractivity contribution in [1.29, 1.82) is 0 Å². The third kappa shape index (κ3) is 6.98. The summed E-state index contributed by atoms with van der Waals surface area (Å²) in [6.07, 6.45) is 0.204. The second-order valence-corrected chi connectivity index (χ2v) is 7.44. The van der Waals surface area contributed by atoms with Gasteiger partial charge in [0, 0.05) is 12.6 Å². The molecule has 0 unspecified atom stereocenters. The number of hydrogen-bond acceptors (Lipinski definition) is 5. The maximum Gasteiger partial charge on any atom is 0.273 e. The maximum atomic E-state index is 12.2. The quantitative estimate of drug-likeness (QED) is 0.774. The van der Waals surface area contributed by atoms with E-state index in [9.17, 15) is 4.79 Å². The van der Waals surface area contributed by atoms with Gasteiger partial charge < -0.3 is 19.3 Å². The SMILES string of the molecule is CC(C)OCc1ccc(CNC(=O)c2cc(COC(C)(C)C)on2)cc1. The largest absolute Gasteiger partial charge is 0.374 e. The van der Waals surface area contributed by atoms with Gasteiger partial charge in [-0.25, -0.2) is 0 Å². The molecule has 2 rings (SSSR count). The van der Waals surface area contributed by atoms with Gasteiger partial charge in [0.25, 0.3) is 5.91 Å². The zero-order chi connectivity index (χ0) is 19.2. The summed E-state index contributed by atoms with van der Waals surface area (Å²) in [7, 11) is 0. The predicted octanol–water partition coefficient (Wildman–Crippen LogP) is 3.84. The predicted molar refractivity (Wildman–Crippen MR) is 98.6 cm³/mol. The van der Waals surface area contributed by atoms with Gasteiger partial charge in [-0.2, -0.15) is 0 Å². The minimum Gasteiger partial charge on any atom is -0.374 e. The van der Waals surface area contributed by atoms with Crippen LogP contribution in [0.4, 0.5) is 0 Å². The summed E-state index contributed by atoms with van der Waals surface area (Å²) < 4.78 is 16.3. The summed E-state index contributed by atoms with van der Waals surface area (Å²) in [6, 6.07) is 9.56. The van der Waals surface area contributed by atoms with Crippen LogP contribution in [0, 0.1) is 0 Å². The molecule has 0 aliphatic heterocycles. The number of amides is 1. The van der Waals surface area contributed by atoms with Gasteiger partial charge in [0.2, 0.25) is 0 Å². The molecular formula is C20H28N2O4. The highest BCUT2D eigenvalue weighted by atomic mass is 16.5. The average Bonchev–Trinajstić information content (AvgIpc) is 3.05. The first kappa shape index (κ1) is 20.1. The molecule has 0 fully saturated rings. The van der Waals surface area contributed by atoms with Crippen molar-refractivity contribution in [1.82, 2.24) is 10.5 Å². The number of benzene rings is 1. The van der Waals surface area contributed by atoms with Gasteiger partial charge in [0.1, 0.15) is 6.61 Å². The molecule has 0 bridgehead atoms. The number of ether oxygens (including phenoxy) is 2. The Labute approximate surface area is 154 Å². The van der Waals surface area contributed by atoms with Gasteiger partial charge in [-0.1, -0.05) is 29.4 Å². The van der Waals surface area contributed by atoms with E-state index < -0.39 is 0 Å². The molecule has 0 aliphatic rings. The van der Waals surface area contributed by atoms with Crippen LogP contribution in [0.15, 0.2) is 34.9 Å². The Morgan fingerprint density at radius 1 is 1.15 bits per heavy atom. The molecule has 0 saturated heterocycles. The molecule has 142 valence electrons. The van der Waals surface area contributed by atoms with Crippen LogP contribution < -0.4 is 5.32 Å².